The molecule has 3 rings (SSSR count). The fraction of sp³-hybridized carbons (Fsp3) is 0.150. The van der Waals surface area contributed by atoms with Crippen LogP contribution in [0.3, 0.4) is 0 Å². The molecule has 0 fully saturated rings. The van der Waals surface area contributed by atoms with Crippen LogP contribution in [0, 0.1) is 25.6 Å². The third-order valence-electron chi connectivity index (χ3n) is 4.62. The molecular formula is C20H18N6O8. The topological polar surface area (TPSA) is 195 Å². The zero-order valence-corrected chi connectivity index (χ0v) is 17.4. The predicted octanol–water partition coefficient (Wildman–Crippen LogP) is 2.83. The van der Waals surface area contributed by atoms with Gasteiger partial charge in [-0.25, -0.2) is 9.59 Å². The Morgan fingerprint density at radius 2 is 1.32 bits per heavy atom. The van der Waals surface area contributed by atoms with Crippen LogP contribution in [0.5, 0.6) is 0 Å². The van der Waals surface area contributed by atoms with Crippen molar-refractivity contribution < 1.29 is 28.9 Å². The van der Waals surface area contributed by atoms with E-state index in [1.807, 2.05) is 0 Å². The molecule has 0 saturated heterocycles. The fourth-order valence-electron chi connectivity index (χ4n) is 2.89. The summed E-state index contributed by atoms with van der Waals surface area (Å²) in [5.41, 5.74) is 6.21. The van der Waals surface area contributed by atoms with Gasteiger partial charge >= 0.3 is 12.2 Å². The van der Waals surface area contributed by atoms with Gasteiger partial charge in [0.1, 0.15) is 25.1 Å². The summed E-state index contributed by atoms with van der Waals surface area (Å²) in [5, 5.41) is 30.7. The number of nitrogens with one attached hydrogen (secondary N) is 1. The van der Waals surface area contributed by atoms with E-state index in [2.05, 4.69) is 0 Å². The van der Waals surface area contributed by atoms with Crippen molar-refractivity contribution in [3.63, 3.8) is 0 Å². The summed E-state index contributed by atoms with van der Waals surface area (Å²) in [5.74, 6) is -0.436. The van der Waals surface area contributed by atoms with Crippen LogP contribution in [0.1, 0.15) is 11.1 Å². The number of benzene rings is 2. The summed E-state index contributed by atoms with van der Waals surface area (Å²) in [6.07, 6.45) is 0.515. The highest BCUT2D eigenvalue weighted by molar-refractivity contribution is 5.90. The lowest BCUT2D eigenvalue weighted by molar-refractivity contribution is -0.385. The lowest BCUT2D eigenvalue weighted by Gasteiger charge is -2.29. The van der Waals surface area contributed by atoms with Gasteiger partial charge in [0, 0.05) is 30.5 Å². The number of carbonyl (C=O) groups is 2. The maximum absolute atomic E-state index is 12.7. The van der Waals surface area contributed by atoms with Gasteiger partial charge in [-0.05, 0) is 41.5 Å². The minimum absolute atomic E-state index is 0.121. The van der Waals surface area contributed by atoms with E-state index < -0.39 is 33.9 Å². The van der Waals surface area contributed by atoms with Gasteiger partial charge in [0.05, 0.1) is 9.85 Å². The van der Waals surface area contributed by atoms with E-state index in [4.69, 9.17) is 20.6 Å². The third kappa shape index (κ3) is 5.42. The van der Waals surface area contributed by atoms with E-state index in [1.165, 1.54) is 60.8 Å². The van der Waals surface area contributed by atoms with Crippen LogP contribution >= 0.6 is 0 Å². The molecule has 3 N–H and O–H groups in total. The van der Waals surface area contributed by atoms with Crippen molar-refractivity contribution in [1.82, 2.24) is 10.0 Å². The maximum atomic E-state index is 12.7. The number of nitro groups is 2. The molecule has 1 atom stereocenters. The molecule has 1 aliphatic heterocycles. The molecule has 14 nitrogen and oxygen atoms in total. The molecule has 2 amide bonds. The first kappa shape index (κ1) is 23.6. The molecule has 14 heteroatoms. The second-order valence-electron chi connectivity index (χ2n) is 6.89. The van der Waals surface area contributed by atoms with Crippen LogP contribution in [0.15, 0.2) is 60.8 Å². The Hall–Kier alpha value is -5.01. The van der Waals surface area contributed by atoms with Gasteiger partial charge in [-0.2, -0.15) is 10.0 Å². The Labute approximate surface area is 191 Å². The summed E-state index contributed by atoms with van der Waals surface area (Å²) in [4.78, 5) is 45.6. The average Bonchev–Trinajstić information content (AvgIpc) is 3.27. The smallest absolute Gasteiger partial charge is 0.433 e. The number of carbonyl (C=O) groups excluding carboxylic acids is 2. The summed E-state index contributed by atoms with van der Waals surface area (Å²) in [6.45, 7) is -0.499. The number of hydrogen-bond donors (Lipinski definition) is 2. The summed E-state index contributed by atoms with van der Waals surface area (Å²) in [6, 6.07) is 9.57. The van der Waals surface area contributed by atoms with E-state index >= 15 is 0 Å². The van der Waals surface area contributed by atoms with Gasteiger partial charge in [-0.3, -0.25) is 25.6 Å². The number of rotatable bonds is 7. The molecular weight excluding hydrogens is 452 g/mol. The minimum Gasteiger partial charge on any atom is -0.443 e. The van der Waals surface area contributed by atoms with Crippen LogP contribution in [0.4, 0.5) is 21.0 Å². The number of amidine groups is 1. The third-order valence-corrected chi connectivity index (χ3v) is 4.62. The number of nitrogens with zero attached hydrogens (tertiary/aromatic N) is 4. The van der Waals surface area contributed by atoms with Gasteiger partial charge in [-0.1, -0.05) is 0 Å². The normalized spacial score (nSPS) is 14.5. The number of amides is 2. The molecule has 0 radical (unpaired) electrons. The van der Waals surface area contributed by atoms with Gasteiger partial charge in [-0.15, -0.1) is 0 Å². The van der Waals surface area contributed by atoms with E-state index in [9.17, 15) is 29.8 Å². The summed E-state index contributed by atoms with van der Waals surface area (Å²) in [7, 11) is 0. The molecule has 34 heavy (non-hydrogen) atoms. The van der Waals surface area contributed by atoms with E-state index in [-0.39, 0.29) is 24.6 Å². The van der Waals surface area contributed by atoms with Crippen LogP contribution in [-0.2, 0) is 22.7 Å². The van der Waals surface area contributed by atoms with Crippen LogP contribution < -0.4 is 5.73 Å². The number of hydrazine groups is 1. The summed E-state index contributed by atoms with van der Waals surface area (Å²) >= 11 is 0. The fourth-order valence-corrected chi connectivity index (χ4v) is 2.89. The monoisotopic (exact) mass is 470 g/mol. The largest absolute Gasteiger partial charge is 0.443 e. The second-order valence-corrected chi connectivity index (χ2v) is 6.89. The van der Waals surface area contributed by atoms with Crippen LogP contribution in [0.2, 0.25) is 0 Å². The first-order valence-corrected chi connectivity index (χ1v) is 9.58. The van der Waals surface area contributed by atoms with Gasteiger partial charge < -0.3 is 15.2 Å². The molecule has 1 unspecified atom stereocenters. The van der Waals surface area contributed by atoms with E-state index in [1.54, 1.807) is 0 Å². The molecule has 0 saturated carbocycles. The predicted molar refractivity (Wildman–Crippen MR) is 115 cm³/mol. The highest BCUT2D eigenvalue weighted by Crippen LogP contribution is 2.21. The van der Waals surface area contributed by atoms with Crippen LogP contribution in [-0.4, -0.2) is 43.9 Å². The Morgan fingerprint density at radius 1 is 0.882 bits per heavy atom. The number of nitro benzene ring substituents is 2. The number of non-ortho nitro benzene ring substituents is 2. The molecule has 176 valence electrons. The Bertz CT molecular complexity index is 1150. The second kappa shape index (κ2) is 10.1. The van der Waals surface area contributed by atoms with E-state index in [0.717, 1.165) is 10.0 Å². The quantitative estimate of drug-likeness (QED) is 0.264. The van der Waals surface area contributed by atoms with Crippen molar-refractivity contribution in [2.75, 3.05) is 0 Å². The van der Waals surface area contributed by atoms with Gasteiger partial charge in [0.2, 0.25) is 0 Å². The lowest BCUT2D eigenvalue weighted by atomic mass is 10.2. The first-order valence-electron chi connectivity index (χ1n) is 9.58. The zero-order chi connectivity index (χ0) is 24.8. The molecule has 0 aromatic heterocycles. The molecule has 1 heterocycles. The lowest BCUT2D eigenvalue weighted by Crippen LogP contribution is -2.52. The number of ether oxygens (including phenoxy) is 2. The highest BCUT2D eigenvalue weighted by Gasteiger charge is 2.38. The number of hydrogen-bond acceptors (Lipinski definition) is 9. The van der Waals surface area contributed by atoms with Crippen molar-refractivity contribution in [3.05, 3.63) is 92.2 Å². The summed E-state index contributed by atoms with van der Waals surface area (Å²) < 4.78 is 10.3. The van der Waals surface area contributed by atoms with Crippen molar-refractivity contribution in [3.8, 4) is 0 Å². The van der Waals surface area contributed by atoms with Crippen molar-refractivity contribution in [2.24, 2.45) is 5.73 Å². The Morgan fingerprint density at radius 3 is 1.74 bits per heavy atom. The van der Waals surface area contributed by atoms with Crippen LogP contribution in [0.25, 0.3) is 0 Å². The Kier molecular flexibility index (Phi) is 7.01. The minimum atomic E-state index is -1.10. The Balaban J connectivity index is 1.64. The highest BCUT2D eigenvalue weighted by atomic mass is 16.6. The standard InChI is InChI=1S/C20H18N6O8/c21-18(22)17-9-10-23(19(27)33-11-13-1-5-15(6-2-13)25(29)30)24(17)20(28)34-12-14-3-7-16(8-4-14)26(31)32/h1-10,17H,11-12H2,(H3,21,22). The SMILES string of the molecule is N=C(N)C1C=CN(C(=O)OCc2ccc([N+](=O)[O-])cc2)N1C(=O)OCc1ccc([N+](=O)[O-])cc1. The average molecular weight is 470 g/mol. The molecule has 2 aromatic rings. The van der Waals surface area contributed by atoms with Gasteiger partial charge in [0.25, 0.3) is 11.4 Å². The zero-order valence-electron chi connectivity index (χ0n) is 17.4. The molecule has 0 bridgehead atoms. The number of nitrogens with two attached hydrogens (primary N) is 1. The van der Waals surface area contributed by atoms with Crippen molar-refractivity contribution in [2.45, 2.75) is 19.3 Å². The first-order chi connectivity index (χ1) is 16.2. The van der Waals surface area contributed by atoms with E-state index in [0.29, 0.717) is 11.1 Å². The molecule has 0 aliphatic carbocycles. The molecule has 1 aliphatic rings. The van der Waals surface area contributed by atoms with Crippen molar-refractivity contribution >= 4 is 29.4 Å². The molecule has 0 spiro atoms. The maximum Gasteiger partial charge on any atom is 0.433 e. The molecule has 2 aromatic carbocycles. The van der Waals surface area contributed by atoms with Crippen molar-refractivity contribution in [1.29, 1.82) is 5.41 Å². The van der Waals surface area contributed by atoms with Gasteiger partial charge in [0.15, 0.2) is 0 Å².